The molecule has 0 bridgehead atoms. The highest BCUT2D eigenvalue weighted by Gasteiger charge is 2.17. The van der Waals surface area contributed by atoms with E-state index in [1.165, 1.54) is 0 Å². The lowest BCUT2D eigenvalue weighted by Crippen LogP contribution is -2.47. The summed E-state index contributed by atoms with van der Waals surface area (Å²) in [6.45, 7) is 5.13. The summed E-state index contributed by atoms with van der Waals surface area (Å²) in [6.07, 6.45) is 3.83. The lowest BCUT2D eigenvalue weighted by Gasteiger charge is -2.35. The third kappa shape index (κ3) is 3.47. The summed E-state index contributed by atoms with van der Waals surface area (Å²) in [5.41, 5.74) is 0. The van der Waals surface area contributed by atoms with Gasteiger partial charge in [0.05, 0.1) is 0 Å². The molecule has 1 fully saturated rings. The number of rotatable bonds is 4. The van der Waals surface area contributed by atoms with E-state index in [1.54, 1.807) is 11.8 Å². The van der Waals surface area contributed by atoms with Crippen molar-refractivity contribution in [1.82, 2.24) is 14.9 Å². The van der Waals surface area contributed by atoms with Crippen LogP contribution in [0.3, 0.4) is 0 Å². The maximum Gasteiger partial charge on any atom is 0.189 e. The molecule has 17 heavy (non-hydrogen) atoms. The number of nitrogens with zero attached hydrogens (tertiary/aromatic N) is 4. The van der Waals surface area contributed by atoms with Crippen molar-refractivity contribution >= 4 is 29.2 Å². The monoisotopic (exact) mass is 272 g/mol. The lowest BCUT2D eigenvalue weighted by atomic mass is 10.3. The molecule has 2 heterocycles. The van der Waals surface area contributed by atoms with Gasteiger partial charge < -0.3 is 4.90 Å². The van der Waals surface area contributed by atoms with Gasteiger partial charge in [-0.2, -0.15) is 0 Å². The summed E-state index contributed by atoms with van der Waals surface area (Å²) in [5, 5.41) is 0.839. The highest BCUT2D eigenvalue weighted by atomic mass is 35.5. The van der Waals surface area contributed by atoms with Gasteiger partial charge >= 0.3 is 0 Å². The smallest absolute Gasteiger partial charge is 0.189 e. The second-order valence-corrected chi connectivity index (χ2v) is 5.07. The maximum atomic E-state index is 5.75. The predicted octanol–water partition coefficient (Wildman–Crippen LogP) is 1.56. The topological polar surface area (TPSA) is 32.3 Å². The van der Waals surface area contributed by atoms with Gasteiger partial charge in [-0.25, -0.2) is 9.97 Å². The molecule has 0 unspecified atom stereocenters. The predicted molar refractivity (Wildman–Crippen MR) is 73.2 cm³/mol. The molecular formula is C11H17ClN4S. The standard InChI is InChI=1S/C11H17ClN4S/c1-17-11-13-4-2-10(14-11)16-8-6-15(5-3-12)7-9-16/h2,4H,3,5-9H2,1H3. The van der Waals surface area contributed by atoms with E-state index in [-0.39, 0.29) is 0 Å². The van der Waals surface area contributed by atoms with E-state index >= 15 is 0 Å². The quantitative estimate of drug-likeness (QED) is 0.472. The van der Waals surface area contributed by atoms with Crippen LogP contribution >= 0.6 is 23.4 Å². The number of halogens is 1. The van der Waals surface area contributed by atoms with Crippen molar-refractivity contribution < 1.29 is 0 Å². The van der Waals surface area contributed by atoms with Gasteiger partial charge in [-0.3, -0.25) is 4.90 Å². The fourth-order valence-electron chi connectivity index (χ4n) is 1.93. The van der Waals surface area contributed by atoms with Crippen LogP contribution in [0, 0.1) is 0 Å². The van der Waals surface area contributed by atoms with E-state index < -0.39 is 0 Å². The molecule has 0 atom stereocenters. The second-order valence-electron chi connectivity index (χ2n) is 3.92. The largest absolute Gasteiger partial charge is 0.354 e. The van der Waals surface area contributed by atoms with E-state index in [4.69, 9.17) is 11.6 Å². The maximum absolute atomic E-state index is 5.75. The molecule has 94 valence electrons. The summed E-state index contributed by atoms with van der Waals surface area (Å²) in [7, 11) is 0. The third-order valence-electron chi connectivity index (χ3n) is 2.90. The minimum absolute atomic E-state index is 0.712. The van der Waals surface area contributed by atoms with Crippen LogP contribution in [0.1, 0.15) is 0 Å². The Morgan fingerprint density at radius 1 is 1.35 bits per heavy atom. The van der Waals surface area contributed by atoms with Crippen molar-refractivity contribution in [2.24, 2.45) is 0 Å². The molecule has 2 rings (SSSR count). The number of aromatic nitrogens is 2. The van der Waals surface area contributed by atoms with Gasteiger partial charge in [0.1, 0.15) is 5.82 Å². The Bertz CT molecular complexity index is 355. The van der Waals surface area contributed by atoms with Crippen LogP contribution in [0.15, 0.2) is 17.4 Å². The Morgan fingerprint density at radius 3 is 2.76 bits per heavy atom. The van der Waals surface area contributed by atoms with Gasteiger partial charge in [-0.1, -0.05) is 11.8 Å². The molecule has 0 radical (unpaired) electrons. The average molecular weight is 273 g/mol. The van der Waals surface area contributed by atoms with E-state index in [2.05, 4.69) is 19.8 Å². The fraction of sp³-hybridized carbons (Fsp3) is 0.636. The van der Waals surface area contributed by atoms with Gasteiger partial charge in [-0.15, -0.1) is 11.6 Å². The van der Waals surface area contributed by atoms with E-state index in [1.807, 2.05) is 18.5 Å². The number of hydrogen-bond donors (Lipinski definition) is 0. The van der Waals surface area contributed by atoms with Crippen molar-refractivity contribution in [3.63, 3.8) is 0 Å². The van der Waals surface area contributed by atoms with Gasteiger partial charge in [0.15, 0.2) is 5.16 Å². The molecular weight excluding hydrogens is 256 g/mol. The van der Waals surface area contributed by atoms with E-state index in [0.29, 0.717) is 5.88 Å². The summed E-state index contributed by atoms with van der Waals surface area (Å²) in [4.78, 5) is 13.4. The molecule has 1 aromatic rings. The molecule has 0 saturated carbocycles. The summed E-state index contributed by atoms with van der Waals surface area (Å²) in [6, 6.07) is 1.98. The SMILES string of the molecule is CSc1nccc(N2CCN(CCCl)CC2)n1. The zero-order chi connectivity index (χ0) is 12.1. The van der Waals surface area contributed by atoms with Gasteiger partial charge in [0.25, 0.3) is 0 Å². The third-order valence-corrected chi connectivity index (χ3v) is 3.63. The van der Waals surface area contributed by atoms with Crippen LogP contribution < -0.4 is 4.90 Å². The first kappa shape index (κ1) is 12.9. The van der Waals surface area contributed by atoms with Crippen molar-refractivity contribution in [2.75, 3.05) is 49.8 Å². The van der Waals surface area contributed by atoms with Gasteiger partial charge in [0, 0.05) is 44.8 Å². The number of thioether (sulfide) groups is 1. The molecule has 1 saturated heterocycles. The van der Waals surface area contributed by atoms with Crippen LogP contribution in [0.5, 0.6) is 0 Å². The Kier molecular flexibility index (Phi) is 4.88. The zero-order valence-corrected chi connectivity index (χ0v) is 11.5. The van der Waals surface area contributed by atoms with Crippen LogP contribution in [0.25, 0.3) is 0 Å². The minimum Gasteiger partial charge on any atom is -0.354 e. The van der Waals surface area contributed by atoms with Crippen molar-refractivity contribution in [3.8, 4) is 0 Å². The molecule has 1 aliphatic rings. The van der Waals surface area contributed by atoms with Gasteiger partial charge in [0.2, 0.25) is 0 Å². The molecule has 1 aliphatic heterocycles. The van der Waals surface area contributed by atoms with Crippen LogP contribution in [0.2, 0.25) is 0 Å². The fourth-order valence-corrected chi connectivity index (χ4v) is 2.52. The Hall–Kier alpha value is -0.520. The Labute approximate surface area is 111 Å². The Balaban J connectivity index is 1.95. The average Bonchev–Trinajstić information content (AvgIpc) is 2.40. The summed E-state index contributed by atoms with van der Waals surface area (Å²) < 4.78 is 0. The zero-order valence-electron chi connectivity index (χ0n) is 9.97. The van der Waals surface area contributed by atoms with Crippen LogP contribution in [0.4, 0.5) is 5.82 Å². The molecule has 4 nitrogen and oxygen atoms in total. The first-order valence-corrected chi connectivity index (χ1v) is 7.49. The number of piperazine rings is 1. The first-order chi connectivity index (χ1) is 8.33. The molecule has 0 N–H and O–H groups in total. The van der Waals surface area contributed by atoms with Crippen molar-refractivity contribution in [3.05, 3.63) is 12.3 Å². The molecule has 1 aromatic heterocycles. The molecule has 0 spiro atoms. The number of anilines is 1. The van der Waals surface area contributed by atoms with E-state index in [9.17, 15) is 0 Å². The Morgan fingerprint density at radius 2 is 2.12 bits per heavy atom. The van der Waals surface area contributed by atoms with Gasteiger partial charge in [-0.05, 0) is 12.3 Å². The normalized spacial score (nSPS) is 17.4. The molecule has 0 amide bonds. The summed E-state index contributed by atoms with van der Waals surface area (Å²) in [5.74, 6) is 1.75. The molecule has 0 aliphatic carbocycles. The van der Waals surface area contributed by atoms with Crippen LogP contribution in [-0.2, 0) is 0 Å². The highest BCUT2D eigenvalue weighted by molar-refractivity contribution is 7.98. The van der Waals surface area contributed by atoms with Crippen LogP contribution in [-0.4, -0.2) is 59.7 Å². The van der Waals surface area contributed by atoms with Crippen molar-refractivity contribution in [1.29, 1.82) is 0 Å². The summed E-state index contributed by atoms with van der Waals surface area (Å²) >= 11 is 7.33. The highest BCUT2D eigenvalue weighted by Crippen LogP contribution is 2.16. The van der Waals surface area contributed by atoms with Crippen molar-refractivity contribution in [2.45, 2.75) is 5.16 Å². The first-order valence-electron chi connectivity index (χ1n) is 5.74. The number of hydrogen-bond acceptors (Lipinski definition) is 5. The molecule has 6 heteroatoms. The molecule has 0 aromatic carbocycles. The second kappa shape index (κ2) is 6.42. The lowest BCUT2D eigenvalue weighted by molar-refractivity contribution is 0.272. The minimum atomic E-state index is 0.712. The number of alkyl halides is 1. The van der Waals surface area contributed by atoms with E-state index in [0.717, 1.165) is 43.7 Å².